The summed E-state index contributed by atoms with van der Waals surface area (Å²) in [5, 5.41) is 0.640. The maximum Gasteiger partial charge on any atom is 0.213 e. The average molecular weight is 213 g/mol. The van der Waals surface area contributed by atoms with Crippen molar-refractivity contribution in [3.05, 3.63) is 23.4 Å². The molecule has 2 rings (SSSR count). The van der Waals surface area contributed by atoms with Gasteiger partial charge in [-0.3, -0.25) is 0 Å². The van der Waals surface area contributed by atoms with Crippen molar-refractivity contribution in [2.24, 2.45) is 0 Å². The second-order valence-electron chi connectivity index (χ2n) is 3.61. The molecule has 1 unspecified atom stereocenters. The van der Waals surface area contributed by atoms with E-state index in [1.54, 1.807) is 18.3 Å². The third kappa shape index (κ3) is 2.36. The van der Waals surface area contributed by atoms with E-state index < -0.39 is 0 Å². The van der Waals surface area contributed by atoms with Gasteiger partial charge < -0.3 is 9.64 Å². The van der Waals surface area contributed by atoms with E-state index in [9.17, 15) is 0 Å². The van der Waals surface area contributed by atoms with Crippen LogP contribution in [0.1, 0.15) is 6.42 Å². The van der Waals surface area contributed by atoms with Gasteiger partial charge in [0.05, 0.1) is 5.02 Å². The number of likely N-dealkylation sites (N-methyl/N-ethyl adjacent to an activating group) is 1. The molecule has 1 aliphatic heterocycles. The predicted octanol–water partition coefficient (Wildman–Crippen LogP) is 1.82. The van der Waals surface area contributed by atoms with Crippen LogP contribution in [0.2, 0.25) is 5.02 Å². The molecular formula is C10H13ClN2O. The number of likely N-dealkylation sites (tertiary alicyclic amines) is 1. The molecule has 0 aromatic carbocycles. The van der Waals surface area contributed by atoms with Crippen LogP contribution in [0.25, 0.3) is 0 Å². The maximum absolute atomic E-state index is 5.73. The fourth-order valence-corrected chi connectivity index (χ4v) is 1.71. The van der Waals surface area contributed by atoms with E-state index in [2.05, 4.69) is 16.9 Å². The Kier molecular flexibility index (Phi) is 2.89. The average Bonchev–Trinajstić information content (AvgIpc) is 2.56. The van der Waals surface area contributed by atoms with Crippen LogP contribution in [-0.2, 0) is 0 Å². The first kappa shape index (κ1) is 9.74. The summed E-state index contributed by atoms with van der Waals surface area (Å²) < 4.78 is 5.69. The number of halogens is 1. The molecule has 0 spiro atoms. The number of pyridine rings is 1. The molecule has 14 heavy (non-hydrogen) atoms. The third-order valence-corrected chi connectivity index (χ3v) is 2.56. The van der Waals surface area contributed by atoms with E-state index >= 15 is 0 Å². The summed E-state index contributed by atoms with van der Waals surface area (Å²) in [4.78, 5) is 6.34. The number of nitrogens with zero attached hydrogens (tertiary/aromatic N) is 2. The van der Waals surface area contributed by atoms with E-state index in [4.69, 9.17) is 16.3 Å². The van der Waals surface area contributed by atoms with Crippen molar-refractivity contribution < 1.29 is 4.74 Å². The number of ether oxygens (including phenoxy) is 1. The summed E-state index contributed by atoms with van der Waals surface area (Å²) in [6.45, 7) is 2.07. The molecule has 1 saturated heterocycles. The van der Waals surface area contributed by atoms with Gasteiger partial charge in [-0.25, -0.2) is 4.98 Å². The molecule has 0 saturated carbocycles. The van der Waals surface area contributed by atoms with Crippen LogP contribution in [0.15, 0.2) is 18.3 Å². The van der Waals surface area contributed by atoms with Crippen LogP contribution in [0.5, 0.6) is 5.88 Å². The van der Waals surface area contributed by atoms with Crippen molar-refractivity contribution in [2.75, 3.05) is 20.1 Å². The zero-order valence-corrected chi connectivity index (χ0v) is 8.87. The van der Waals surface area contributed by atoms with Crippen molar-refractivity contribution in [3.8, 4) is 5.88 Å². The molecule has 0 aliphatic carbocycles. The first-order valence-corrected chi connectivity index (χ1v) is 5.08. The first-order chi connectivity index (χ1) is 6.74. The normalized spacial score (nSPS) is 22.6. The highest BCUT2D eigenvalue weighted by molar-refractivity contribution is 6.30. The molecule has 1 aromatic heterocycles. The summed E-state index contributed by atoms with van der Waals surface area (Å²) in [5.74, 6) is 0.662. The van der Waals surface area contributed by atoms with Gasteiger partial charge in [0.15, 0.2) is 0 Å². The molecule has 0 amide bonds. The standard InChI is InChI=1S/C10H13ClN2O/c1-13-5-4-9(7-13)14-10-3-2-8(11)6-12-10/h2-3,6,9H,4-5,7H2,1H3. The number of hydrogen-bond acceptors (Lipinski definition) is 3. The summed E-state index contributed by atoms with van der Waals surface area (Å²) >= 11 is 5.73. The second kappa shape index (κ2) is 4.15. The Morgan fingerprint density at radius 1 is 1.57 bits per heavy atom. The minimum absolute atomic E-state index is 0.272. The van der Waals surface area contributed by atoms with Crippen molar-refractivity contribution in [1.29, 1.82) is 0 Å². The fraction of sp³-hybridized carbons (Fsp3) is 0.500. The zero-order chi connectivity index (χ0) is 9.97. The summed E-state index contributed by atoms with van der Waals surface area (Å²) in [6.07, 6.45) is 2.95. The van der Waals surface area contributed by atoms with E-state index in [1.165, 1.54) is 0 Å². The molecule has 1 fully saturated rings. The SMILES string of the molecule is CN1CCC(Oc2ccc(Cl)cn2)C1. The first-order valence-electron chi connectivity index (χ1n) is 4.71. The van der Waals surface area contributed by atoms with Gasteiger partial charge in [-0.15, -0.1) is 0 Å². The van der Waals surface area contributed by atoms with Gasteiger partial charge in [-0.05, 0) is 19.5 Å². The molecule has 76 valence electrons. The van der Waals surface area contributed by atoms with Crippen LogP contribution in [0.4, 0.5) is 0 Å². The summed E-state index contributed by atoms with van der Waals surface area (Å²) in [5.41, 5.74) is 0. The molecular weight excluding hydrogens is 200 g/mol. The molecule has 1 aliphatic rings. The summed E-state index contributed by atoms with van der Waals surface area (Å²) in [6, 6.07) is 3.60. The quantitative estimate of drug-likeness (QED) is 0.748. The molecule has 0 N–H and O–H groups in total. The van der Waals surface area contributed by atoms with Gasteiger partial charge in [0, 0.05) is 25.4 Å². The predicted molar refractivity (Wildman–Crippen MR) is 55.8 cm³/mol. The van der Waals surface area contributed by atoms with Crippen LogP contribution in [0, 0.1) is 0 Å². The number of aromatic nitrogens is 1. The van der Waals surface area contributed by atoms with Crippen molar-refractivity contribution in [2.45, 2.75) is 12.5 Å². The molecule has 1 atom stereocenters. The van der Waals surface area contributed by atoms with Crippen molar-refractivity contribution in [1.82, 2.24) is 9.88 Å². The van der Waals surface area contributed by atoms with Gasteiger partial charge in [0.25, 0.3) is 0 Å². The smallest absolute Gasteiger partial charge is 0.213 e. The van der Waals surface area contributed by atoms with Gasteiger partial charge in [-0.1, -0.05) is 11.6 Å². The van der Waals surface area contributed by atoms with Crippen LogP contribution in [-0.4, -0.2) is 36.1 Å². The fourth-order valence-electron chi connectivity index (χ4n) is 1.59. The monoisotopic (exact) mass is 212 g/mol. The Bertz CT molecular complexity index is 301. The largest absolute Gasteiger partial charge is 0.473 e. The van der Waals surface area contributed by atoms with Crippen LogP contribution in [0.3, 0.4) is 0 Å². The van der Waals surface area contributed by atoms with Crippen molar-refractivity contribution >= 4 is 11.6 Å². The lowest BCUT2D eigenvalue weighted by molar-refractivity contribution is 0.200. The highest BCUT2D eigenvalue weighted by Crippen LogP contribution is 2.16. The maximum atomic E-state index is 5.73. The molecule has 3 nitrogen and oxygen atoms in total. The molecule has 0 radical (unpaired) electrons. The molecule has 2 heterocycles. The van der Waals surface area contributed by atoms with Crippen molar-refractivity contribution in [3.63, 3.8) is 0 Å². The minimum Gasteiger partial charge on any atom is -0.473 e. The Morgan fingerprint density at radius 3 is 3.00 bits per heavy atom. The molecule has 1 aromatic rings. The Balaban J connectivity index is 1.94. The zero-order valence-electron chi connectivity index (χ0n) is 8.11. The van der Waals surface area contributed by atoms with Gasteiger partial charge >= 0.3 is 0 Å². The number of rotatable bonds is 2. The van der Waals surface area contributed by atoms with E-state index in [1.807, 2.05) is 0 Å². The Hall–Kier alpha value is -0.800. The second-order valence-corrected chi connectivity index (χ2v) is 4.04. The number of hydrogen-bond donors (Lipinski definition) is 0. The van der Waals surface area contributed by atoms with Gasteiger partial charge in [0.2, 0.25) is 5.88 Å². The van der Waals surface area contributed by atoms with Crippen LogP contribution < -0.4 is 4.74 Å². The Labute approximate surface area is 88.6 Å². The lowest BCUT2D eigenvalue weighted by atomic mass is 10.3. The lowest BCUT2D eigenvalue weighted by Gasteiger charge is -2.12. The van der Waals surface area contributed by atoms with Crippen LogP contribution >= 0.6 is 11.6 Å². The van der Waals surface area contributed by atoms with E-state index in [0.717, 1.165) is 19.5 Å². The topological polar surface area (TPSA) is 25.4 Å². The molecule has 4 heteroatoms. The van der Waals surface area contributed by atoms with Gasteiger partial charge in [0.1, 0.15) is 6.10 Å². The highest BCUT2D eigenvalue weighted by Gasteiger charge is 2.20. The Morgan fingerprint density at radius 2 is 2.43 bits per heavy atom. The minimum atomic E-state index is 0.272. The van der Waals surface area contributed by atoms with E-state index in [0.29, 0.717) is 10.9 Å². The molecule has 0 bridgehead atoms. The van der Waals surface area contributed by atoms with E-state index in [-0.39, 0.29) is 6.10 Å². The summed E-state index contributed by atoms with van der Waals surface area (Å²) in [7, 11) is 2.10. The van der Waals surface area contributed by atoms with Gasteiger partial charge in [-0.2, -0.15) is 0 Å². The third-order valence-electron chi connectivity index (χ3n) is 2.34. The lowest BCUT2D eigenvalue weighted by Crippen LogP contribution is -2.21. The highest BCUT2D eigenvalue weighted by atomic mass is 35.5.